The third-order valence-corrected chi connectivity index (χ3v) is 2.13. The fourth-order valence-corrected chi connectivity index (χ4v) is 1.51. The molecule has 0 aliphatic carbocycles. The topological polar surface area (TPSA) is 12.0 Å². The molecule has 0 bridgehead atoms. The number of nitrogens with one attached hydrogen (secondary N) is 1. The van der Waals surface area contributed by atoms with Gasteiger partial charge in [0, 0.05) is 19.0 Å². The van der Waals surface area contributed by atoms with Gasteiger partial charge in [0.1, 0.15) is 0 Å². The first kappa shape index (κ1) is 12.5. The number of hydrogen-bond donors (Lipinski definition) is 1. The zero-order valence-electron chi connectivity index (χ0n) is 9.32. The Morgan fingerprint density at radius 1 is 1.15 bits per heavy atom. The van der Waals surface area contributed by atoms with Crippen molar-refractivity contribution in [1.29, 1.82) is 0 Å². The largest absolute Gasteiger partial charge is 0.313 e. The first-order valence-electron chi connectivity index (χ1n) is 5.48. The van der Waals surface area contributed by atoms with Crippen molar-refractivity contribution in [1.82, 2.24) is 5.32 Å². The maximum absolute atomic E-state index is 3.55. The molecular formula is C12H23N. The molecule has 1 heteroatoms. The minimum Gasteiger partial charge on any atom is -0.313 e. The highest BCUT2D eigenvalue weighted by molar-refractivity contribution is 4.95. The monoisotopic (exact) mass is 181 g/mol. The summed E-state index contributed by atoms with van der Waals surface area (Å²) in [7, 11) is 0. The van der Waals surface area contributed by atoms with Gasteiger partial charge in [-0.25, -0.2) is 0 Å². The second kappa shape index (κ2) is 9.61. The second-order valence-electron chi connectivity index (χ2n) is 3.41. The third kappa shape index (κ3) is 7.87. The van der Waals surface area contributed by atoms with E-state index < -0.39 is 0 Å². The molecule has 0 heterocycles. The fourth-order valence-electron chi connectivity index (χ4n) is 1.51. The Hall–Kier alpha value is -0.480. The average molecular weight is 181 g/mol. The van der Waals surface area contributed by atoms with Gasteiger partial charge in [-0.1, -0.05) is 26.7 Å². The van der Waals surface area contributed by atoms with Gasteiger partial charge in [-0.3, -0.25) is 0 Å². The van der Waals surface area contributed by atoms with Crippen LogP contribution in [0.4, 0.5) is 0 Å². The molecular weight excluding hydrogens is 158 g/mol. The summed E-state index contributed by atoms with van der Waals surface area (Å²) >= 11 is 0. The molecule has 0 aliphatic heterocycles. The Bertz CT molecular complexity index is 146. The van der Waals surface area contributed by atoms with Crippen molar-refractivity contribution in [3.8, 4) is 11.8 Å². The first-order chi connectivity index (χ1) is 6.35. The van der Waals surface area contributed by atoms with E-state index in [4.69, 9.17) is 0 Å². The van der Waals surface area contributed by atoms with Crippen molar-refractivity contribution in [3.05, 3.63) is 0 Å². The zero-order valence-corrected chi connectivity index (χ0v) is 9.32. The van der Waals surface area contributed by atoms with E-state index in [1.165, 1.54) is 25.7 Å². The lowest BCUT2D eigenvalue weighted by molar-refractivity contribution is 0.450. The quantitative estimate of drug-likeness (QED) is 0.470. The molecule has 13 heavy (non-hydrogen) atoms. The summed E-state index contributed by atoms with van der Waals surface area (Å²) in [5.74, 6) is 5.99. The fraction of sp³-hybridized carbons (Fsp3) is 0.833. The van der Waals surface area contributed by atoms with Gasteiger partial charge in [0.2, 0.25) is 0 Å². The van der Waals surface area contributed by atoms with Gasteiger partial charge in [0.25, 0.3) is 0 Å². The van der Waals surface area contributed by atoms with Gasteiger partial charge in [-0.15, -0.1) is 11.8 Å². The highest BCUT2D eigenvalue weighted by Crippen LogP contribution is 2.03. The molecule has 0 saturated carbocycles. The molecule has 0 aromatic heterocycles. The maximum atomic E-state index is 3.55. The van der Waals surface area contributed by atoms with Gasteiger partial charge >= 0.3 is 0 Å². The van der Waals surface area contributed by atoms with Gasteiger partial charge in [0.15, 0.2) is 0 Å². The van der Waals surface area contributed by atoms with E-state index in [1.807, 2.05) is 6.92 Å². The number of hydrogen-bond acceptors (Lipinski definition) is 1. The molecule has 0 amide bonds. The van der Waals surface area contributed by atoms with E-state index in [9.17, 15) is 0 Å². The smallest absolute Gasteiger partial charge is 0.0214 e. The van der Waals surface area contributed by atoms with E-state index in [-0.39, 0.29) is 0 Å². The highest BCUT2D eigenvalue weighted by atomic mass is 14.9. The summed E-state index contributed by atoms with van der Waals surface area (Å²) in [5.41, 5.74) is 0. The van der Waals surface area contributed by atoms with Crippen LogP contribution in [0.1, 0.15) is 52.9 Å². The molecule has 0 rings (SSSR count). The van der Waals surface area contributed by atoms with E-state index in [0.29, 0.717) is 6.04 Å². The Morgan fingerprint density at radius 3 is 2.23 bits per heavy atom. The zero-order chi connectivity index (χ0) is 9.94. The summed E-state index contributed by atoms with van der Waals surface area (Å²) in [6.07, 6.45) is 6.13. The van der Waals surface area contributed by atoms with Gasteiger partial charge in [-0.2, -0.15) is 0 Å². The van der Waals surface area contributed by atoms with Crippen molar-refractivity contribution in [2.75, 3.05) is 6.54 Å². The van der Waals surface area contributed by atoms with Crippen molar-refractivity contribution >= 4 is 0 Å². The Balaban J connectivity index is 3.47. The normalized spacial score (nSPS) is 9.85. The Kier molecular flexibility index (Phi) is 9.25. The lowest BCUT2D eigenvalue weighted by Gasteiger charge is -2.16. The molecule has 1 N–H and O–H groups in total. The minimum atomic E-state index is 0.716. The third-order valence-electron chi connectivity index (χ3n) is 2.13. The van der Waals surface area contributed by atoms with Crippen LogP contribution in [-0.4, -0.2) is 12.6 Å². The van der Waals surface area contributed by atoms with Crippen LogP contribution in [0, 0.1) is 11.8 Å². The lowest BCUT2D eigenvalue weighted by atomic mass is 10.1. The van der Waals surface area contributed by atoms with Crippen LogP contribution in [0.15, 0.2) is 0 Å². The molecule has 0 radical (unpaired) electrons. The molecule has 0 aliphatic rings. The van der Waals surface area contributed by atoms with Gasteiger partial charge in [-0.05, 0) is 19.8 Å². The standard InChI is InChI=1S/C12H23N/c1-4-7-8-11-13-12(9-5-2)10-6-3/h12-13H,5-6,8-11H2,1-3H3. The number of rotatable bonds is 7. The summed E-state index contributed by atoms with van der Waals surface area (Å²) in [6.45, 7) is 7.44. The van der Waals surface area contributed by atoms with Gasteiger partial charge in [0.05, 0.1) is 0 Å². The van der Waals surface area contributed by atoms with Crippen LogP contribution in [0.3, 0.4) is 0 Å². The SMILES string of the molecule is CC#CCCNC(CCC)CCC. The predicted molar refractivity (Wildman–Crippen MR) is 59.7 cm³/mol. The van der Waals surface area contributed by atoms with Crippen molar-refractivity contribution in [2.24, 2.45) is 0 Å². The molecule has 0 atom stereocenters. The highest BCUT2D eigenvalue weighted by Gasteiger charge is 2.03. The molecule has 0 aromatic carbocycles. The molecule has 0 aromatic rings. The van der Waals surface area contributed by atoms with Crippen LogP contribution in [0.2, 0.25) is 0 Å². The van der Waals surface area contributed by atoms with Crippen LogP contribution in [0.25, 0.3) is 0 Å². The van der Waals surface area contributed by atoms with Crippen LogP contribution in [-0.2, 0) is 0 Å². The Labute approximate surface area is 83.3 Å². The van der Waals surface area contributed by atoms with Crippen molar-refractivity contribution in [2.45, 2.75) is 58.9 Å². The molecule has 1 nitrogen and oxygen atoms in total. The maximum Gasteiger partial charge on any atom is 0.0214 e. The molecule has 0 saturated heterocycles. The molecule has 76 valence electrons. The predicted octanol–water partition coefficient (Wildman–Crippen LogP) is 2.96. The van der Waals surface area contributed by atoms with E-state index >= 15 is 0 Å². The van der Waals surface area contributed by atoms with Crippen LogP contribution in [0.5, 0.6) is 0 Å². The second-order valence-corrected chi connectivity index (χ2v) is 3.41. The molecule has 0 spiro atoms. The summed E-state index contributed by atoms with van der Waals surface area (Å²) < 4.78 is 0. The van der Waals surface area contributed by atoms with Gasteiger partial charge < -0.3 is 5.32 Å². The molecule has 0 unspecified atom stereocenters. The van der Waals surface area contributed by atoms with Crippen LogP contribution >= 0.6 is 0 Å². The molecule has 0 fully saturated rings. The van der Waals surface area contributed by atoms with E-state index in [1.54, 1.807) is 0 Å². The van der Waals surface area contributed by atoms with E-state index in [2.05, 4.69) is 31.0 Å². The van der Waals surface area contributed by atoms with Crippen molar-refractivity contribution in [3.63, 3.8) is 0 Å². The summed E-state index contributed by atoms with van der Waals surface area (Å²) in [6, 6.07) is 0.716. The average Bonchev–Trinajstić information content (AvgIpc) is 2.13. The first-order valence-corrected chi connectivity index (χ1v) is 5.48. The Morgan fingerprint density at radius 2 is 1.77 bits per heavy atom. The van der Waals surface area contributed by atoms with Crippen LogP contribution < -0.4 is 5.32 Å². The lowest BCUT2D eigenvalue weighted by Crippen LogP contribution is -2.29. The van der Waals surface area contributed by atoms with Crippen molar-refractivity contribution < 1.29 is 0 Å². The summed E-state index contributed by atoms with van der Waals surface area (Å²) in [5, 5.41) is 3.55. The van der Waals surface area contributed by atoms with E-state index in [0.717, 1.165) is 13.0 Å². The summed E-state index contributed by atoms with van der Waals surface area (Å²) in [4.78, 5) is 0. The minimum absolute atomic E-state index is 0.716.